The lowest BCUT2D eigenvalue weighted by atomic mass is 10.4. The predicted molar refractivity (Wildman–Crippen MR) is 43.1 cm³/mol. The van der Waals surface area contributed by atoms with Gasteiger partial charge in [-0.05, 0) is 14.0 Å². The van der Waals surface area contributed by atoms with Crippen molar-refractivity contribution < 1.29 is 9.47 Å². The van der Waals surface area contributed by atoms with Crippen molar-refractivity contribution in [3.63, 3.8) is 0 Å². The first-order valence-corrected chi connectivity index (χ1v) is 3.73. The number of methoxy groups -OCH3 is 1. The van der Waals surface area contributed by atoms with E-state index in [2.05, 4.69) is 11.5 Å². The summed E-state index contributed by atoms with van der Waals surface area (Å²) in [6, 6.07) is 0. The first-order valence-electron chi connectivity index (χ1n) is 3.73. The first kappa shape index (κ1) is 8.56. The Bertz CT molecular complexity index is 158. The van der Waals surface area contributed by atoms with Crippen LogP contribution in [0.5, 0.6) is 0 Å². The van der Waals surface area contributed by atoms with Gasteiger partial charge in [-0.3, -0.25) is 4.90 Å². The highest BCUT2D eigenvalue weighted by atomic mass is 16.6. The Hall–Kier alpha value is -0.540. The molecule has 0 aromatic rings. The molecule has 3 heteroatoms. The third-order valence-electron chi connectivity index (χ3n) is 1.84. The summed E-state index contributed by atoms with van der Waals surface area (Å²) in [6.07, 6.45) is 0.215. The van der Waals surface area contributed by atoms with Crippen LogP contribution >= 0.6 is 0 Å². The summed E-state index contributed by atoms with van der Waals surface area (Å²) >= 11 is 0. The molecule has 0 amide bonds. The number of likely N-dealkylation sites (N-methyl/N-ethyl adjacent to an activating group) is 1. The molecule has 1 aliphatic heterocycles. The highest BCUT2D eigenvalue weighted by molar-refractivity contribution is 4.95. The molecule has 0 saturated carbocycles. The van der Waals surface area contributed by atoms with Gasteiger partial charge < -0.3 is 9.47 Å². The van der Waals surface area contributed by atoms with Crippen molar-refractivity contribution in [3.05, 3.63) is 12.3 Å². The molecule has 0 aliphatic carbocycles. The molecule has 0 spiro atoms. The summed E-state index contributed by atoms with van der Waals surface area (Å²) < 4.78 is 10.5. The fraction of sp³-hybridized carbons (Fsp3) is 0.750. The number of rotatable bonds is 2. The zero-order valence-corrected chi connectivity index (χ0v) is 7.33. The van der Waals surface area contributed by atoms with Crippen LogP contribution in [0.25, 0.3) is 0 Å². The summed E-state index contributed by atoms with van der Waals surface area (Å²) in [5, 5.41) is 0. The van der Waals surface area contributed by atoms with E-state index in [1.165, 1.54) is 0 Å². The van der Waals surface area contributed by atoms with E-state index in [0.29, 0.717) is 5.76 Å². The van der Waals surface area contributed by atoms with E-state index in [0.717, 1.165) is 6.54 Å². The first-order chi connectivity index (χ1) is 5.15. The Kier molecular flexibility index (Phi) is 2.52. The molecule has 0 aromatic heterocycles. The minimum absolute atomic E-state index is 0.0602. The maximum atomic E-state index is 5.53. The van der Waals surface area contributed by atoms with Gasteiger partial charge in [-0.15, -0.1) is 0 Å². The van der Waals surface area contributed by atoms with Crippen molar-refractivity contribution in [1.29, 1.82) is 0 Å². The van der Waals surface area contributed by atoms with Crippen LogP contribution in [0.2, 0.25) is 0 Å². The van der Waals surface area contributed by atoms with Gasteiger partial charge in [0.2, 0.25) is 0 Å². The molecule has 2 atom stereocenters. The van der Waals surface area contributed by atoms with Crippen molar-refractivity contribution in [2.45, 2.75) is 19.3 Å². The van der Waals surface area contributed by atoms with Crippen LogP contribution < -0.4 is 0 Å². The van der Waals surface area contributed by atoms with E-state index in [9.17, 15) is 0 Å². The monoisotopic (exact) mass is 157 g/mol. The van der Waals surface area contributed by atoms with Gasteiger partial charge in [0, 0.05) is 6.54 Å². The van der Waals surface area contributed by atoms with Crippen LogP contribution in [0, 0.1) is 0 Å². The second kappa shape index (κ2) is 3.24. The van der Waals surface area contributed by atoms with Crippen molar-refractivity contribution >= 4 is 0 Å². The summed E-state index contributed by atoms with van der Waals surface area (Å²) in [5.41, 5.74) is 0. The highest BCUT2D eigenvalue weighted by Gasteiger charge is 2.29. The smallest absolute Gasteiger partial charge is 0.168 e. The van der Waals surface area contributed by atoms with Crippen LogP contribution in [-0.4, -0.2) is 37.9 Å². The topological polar surface area (TPSA) is 21.7 Å². The normalized spacial score (nSPS) is 32.3. The standard InChI is InChI=1S/C8H15NO2/c1-6-5-9(3)8(11-6)7(2)10-4/h6,8H,2,5H2,1,3-4H3/t6-,8-/m1/s1. The Morgan fingerprint density at radius 2 is 2.36 bits per heavy atom. The molecule has 1 saturated heterocycles. The van der Waals surface area contributed by atoms with Crippen LogP contribution in [0.15, 0.2) is 12.3 Å². The van der Waals surface area contributed by atoms with Crippen LogP contribution in [0.4, 0.5) is 0 Å². The molecule has 0 bridgehead atoms. The van der Waals surface area contributed by atoms with Crippen LogP contribution in [0.3, 0.4) is 0 Å². The lowest BCUT2D eigenvalue weighted by molar-refractivity contribution is 0.00569. The molecule has 0 aromatic carbocycles. The van der Waals surface area contributed by atoms with E-state index >= 15 is 0 Å². The minimum Gasteiger partial charge on any atom is -0.497 e. The number of hydrogen-bond donors (Lipinski definition) is 0. The van der Waals surface area contributed by atoms with Gasteiger partial charge in [-0.2, -0.15) is 0 Å². The summed E-state index contributed by atoms with van der Waals surface area (Å²) in [7, 11) is 3.61. The molecular formula is C8H15NO2. The van der Waals surface area contributed by atoms with Gasteiger partial charge in [-0.1, -0.05) is 6.58 Å². The molecule has 3 nitrogen and oxygen atoms in total. The summed E-state index contributed by atoms with van der Waals surface area (Å²) in [5.74, 6) is 0.678. The molecule has 0 N–H and O–H groups in total. The SMILES string of the molecule is C=C(OC)[C@H]1O[C@H](C)CN1C. The van der Waals surface area contributed by atoms with Gasteiger partial charge >= 0.3 is 0 Å². The molecule has 1 heterocycles. The predicted octanol–water partition coefficient (Wildman–Crippen LogP) is 0.823. The molecule has 64 valence electrons. The fourth-order valence-electron chi connectivity index (χ4n) is 1.29. The molecule has 0 unspecified atom stereocenters. The van der Waals surface area contributed by atoms with Crippen molar-refractivity contribution in [3.8, 4) is 0 Å². The van der Waals surface area contributed by atoms with Crippen LogP contribution in [-0.2, 0) is 9.47 Å². The molecule has 0 radical (unpaired) electrons. The zero-order valence-electron chi connectivity index (χ0n) is 7.33. The van der Waals surface area contributed by atoms with E-state index in [4.69, 9.17) is 9.47 Å². The zero-order chi connectivity index (χ0) is 8.43. The second-order valence-electron chi connectivity index (χ2n) is 2.91. The lowest BCUT2D eigenvalue weighted by Gasteiger charge is -2.18. The van der Waals surface area contributed by atoms with Gasteiger partial charge in [0.1, 0.15) is 5.76 Å². The minimum atomic E-state index is -0.0602. The number of ether oxygens (including phenoxy) is 2. The lowest BCUT2D eigenvalue weighted by Crippen LogP contribution is -2.27. The van der Waals surface area contributed by atoms with E-state index < -0.39 is 0 Å². The third-order valence-corrected chi connectivity index (χ3v) is 1.84. The Labute approximate surface area is 67.6 Å². The quantitative estimate of drug-likeness (QED) is 0.554. The third kappa shape index (κ3) is 1.73. The van der Waals surface area contributed by atoms with E-state index in [1.54, 1.807) is 7.11 Å². The van der Waals surface area contributed by atoms with Crippen molar-refractivity contribution in [1.82, 2.24) is 4.90 Å². The maximum Gasteiger partial charge on any atom is 0.168 e. The van der Waals surface area contributed by atoms with Crippen molar-refractivity contribution in [2.75, 3.05) is 20.7 Å². The molecule has 1 rings (SSSR count). The number of hydrogen-bond acceptors (Lipinski definition) is 3. The summed E-state index contributed by atoms with van der Waals surface area (Å²) in [4.78, 5) is 2.08. The molecule has 11 heavy (non-hydrogen) atoms. The molecule has 1 fully saturated rings. The average molecular weight is 157 g/mol. The van der Waals surface area contributed by atoms with Gasteiger partial charge in [-0.25, -0.2) is 0 Å². The van der Waals surface area contributed by atoms with Crippen LogP contribution in [0.1, 0.15) is 6.92 Å². The average Bonchev–Trinajstić information content (AvgIpc) is 2.28. The van der Waals surface area contributed by atoms with E-state index in [-0.39, 0.29) is 12.3 Å². The fourth-order valence-corrected chi connectivity index (χ4v) is 1.29. The second-order valence-corrected chi connectivity index (χ2v) is 2.91. The Morgan fingerprint density at radius 3 is 2.73 bits per heavy atom. The van der Waals surface area contributed by atoms with Gasteiger partial charge in [0.05, 0.1) is 13.2 Å². The van der Waals surface area contributed by atoms with Gasteiger partial charge in [0.15, 0.2) is 6.23 Å². The van der Waals surface area contributed by atoms with E-state index in [1.807, 2.05) is 14.0 Å². The van der Waals surface area contributed by atoms with Gasteiger partial charge in [0.25, 0.3) is 0 Å². The Balaban J connectivity index is 2.52. The van der Waals surface area contributed by atoms with Crippen molar-refractivity contribution in [2.24, 2.45) is 0 Å². The molecule has 1 aliphatic rings. The highest BCUT2D eigenvalue weighted by Crippen LogP contribution is 2.19. The number of nitrogens with zero attached hydrogens (tertiary/aromatic N) is 1. The Morgan fingerprint density at radius 1 is 1.73 bits per heavy atom. The largest absolute Gasteiger partial charge is 0.497 e. The summed E-state index contributed by atoms with van der Waals surface area (Å²) in [6.45, 7) is 6.73. The molecular weight excluding hydrogens is 142 g/mol. The maximum absolute atomic E-state index is 5.53.